The first kappa shape index (κ1) is 26.4. The molecule has 10 nitrogen and oxygen atoms in total. The molecule has 1 saturated heterocycles. The summed E-state index contributed by atoms with van der Waals surface area (Å²) in [5.41, 5.74) is 5.28. The van der Waals surface area contributed by atoms with Crippen molar-refractivity contribution >= 4 is 28.6 Å². The molecule has 0 radical (unpaired) electrons. The van der Waals surface area contributed by atoms with Crippen LogP contribution in [0.5, 0.6) is 17.2 Å². The van der Waals surface area contributed by atoms with Crippen molar-refractivity contribution in [2.24, 2.45) is 0 Å². The van der Waals surface area contributed by atoms with Crippen molar-refractivity contribution in [2.45, 2.75) is 39.3 Å². The highest BCUT2D eigenvalue weighted by Crippen LogP contribution is 2.39. The lowest BCUT2D eigenvalue weighted by Gasteiger charge is -2.27. The van der Waals surface area contributed by atoms with Crippen molar-refractivity contribution in [2.75, 3.05) is 44.7 Å². The highest BCUT2D eigenvalue weighted by Gasteiger charge is 2.24. The molecule has 39 heavy (non-hydrogen) atoms. The van der Waals surface area contributed by atoms with Crippen molar-refractivity contribution in [1.82, 2.24) is 19.9 Å². The fourth-order valence-electron chi connectivity index (χ4n) is 4.78. The molecule has 1 aliphatic rings. The molecule has 1 fully saturated rings. The first-order valence-electron chi connectivity index (χ1n) is 13.0. The van der Waals surface area contributed by atoms with E-state index in [1.54, 1.807) is 33.7 Å². The molecule has 1 N–H and O–H groups in total. The fraction of sp³-hybridized carbons (Fsp3) is 0.379. The van der Waals surface area contributed by atoms with E-state index in [1.165, 1.54) is 0 Å². The van der Waals surface area contributed by atoms with Gasteiger partial charge < -0.3 is 29.2 Å². The number of methoxy groups -OCH3 is 3. The minimum atomic E-state index is 0.0728. The Kier molecular flexibility index (Phi) is 7.92. The molecule has 0 amide bonds. The number of fused-ring (bicyclic) bond motifs is 1. The Morgan fingerprint density at radius 2 is 1.74 bits per heavy atom. The summed E-state index contributed by atoms with van der Waals surface area (Å²) in [7, 11) is 4.82. The summed E-state index contributed by atoms with van der Waals surface area (Å²) in [5, 5.41) is 3.49. The van der Waals surface area contributed by atoms with E-state index in [1.807, 2.05) is 12.1 Å². The number of hydrogen-bond donors (Lipinski definition) is 1. The topological polar surface area (TPSA) is 104 Å². The van der Waals surface area contributed by atoms with Crippen LogP contribution >= 0.6 is 0 Å². The van der Waals surface area contributed by atoms with Crippen LogP contribution in [0.1, 0.15) is 29.5 Å². The number of nitrogens with zero attached hydrogens (tertiary/aromatic N) is 5. The molecular formula is C29H34N6O4. The monoisotopic (exact) mass is 530 g/mol. The number of ether oxygens (including phenoxy) is 4. The summed E-state index contributed by atoms with van der Waals surface area (Å²) in [4.78, 5) is 21.0. The van der Waals surface area contributed by atoms with Gasteiger partial charge in [-0.25, -0.2) is 9.97 Å². The van der Waals surface area contributed by atoms with Crippen molar-refractivity contribution in [3.63, 3.8) is 0 Å². The maximum atomic E-state index is 6.00. The van der Waals surface area contributed by atoms with Gasteiger partial charge in [0.1, 0.15) is 0 Å². The molecule has 0 aliphatic carbocycles. The zero-order chi connectivity index (χ0) is 27.4. The molecule has 0 saturated carbocycles. The Hall–Kier alpha value is -4.18. The third kappa shape index (κ3) is 5.80. The molecule has 5 rings (SSSR count). The van der Waals surface area contributed by atoms with Crippen LogP contribution < -0.4 is 24.4 Å². The fourth-order valence-corrected chi connectivity index (χ4v) is 4.78. The summed E-state index contributed by atoms with van der Waals surface area (Å²) in [6.45, 7) is 5.99. The van der Waals surface area contributed by atoms with Gasteiger partial charge >= 0.3 is 0 Å². The Bertz CT molecular complexity index is 1430. The van der Waals surface area contributed by atoms with E-state index in [2.05, 4.69) is 52.2 Å². The van der Waals surface area contributed by atoms with Gasteiger partial charge in [-0.05, 0) is 61.6 Å². The molecule has 1 atom stereocenters. The quantitative estimate of drug-likeness (QED) is 0.301. The van der Waals surface area contributed by atoms with Crippen molar-refractivity contribution in [3.8, 4) is 17.2 Å². The first-order chi connectivity index (χ1) is 19.0. The average Bonchev–Trinajstić information content (AvgIpc) is 3.47. The third-order valence-corrected chi connectivity index (χ3v) is 6.80. The number of anilines is 3. The smallest absolute Gasteiger partial charge is 0.229 e. The van der Waals surface area contributed by atoms with Crippen LogP contribution in [-0.2, 0) is 11.3 Å². The SMILES string of the molecule is COc1cc(CN(C[C@H]2CCCO2)c2nc(Nc3cc(C)ccc3C)c3nccnc3n2)cc(OC)c1OC. The summed E-state index contributed by atoms with van der Waals surface area (Å²) in [5.74, 6) is 2.85. The van der Waals surface area contributed by atoms with Crippen LogP contribution in [0.2, 0.25) is 0 Å². The molecule has 0 spiro atoms. The van der Waals surface area contributed by atoms with E-state index < -0.39 is 0 Å². The highest BCUT2D eigenvalue weighted by molar-refractivity contribution is 5.86. The van der Waals surface area contributed by atoms with Crippen LogP contribution in [0.25, 0.3) is 11.2 Å². The number of nitrogens with one attached hydrogen (secondary N) is 1. The first-order valence-corrected chi connectivity index (χ1v) is 13.0. The molecule has 0 bridgehead atoms. The predicted octanol–water partition coefficient (Wildman–Crippen LogP) is 4.99. The van der Waals surface area contributed by atoms with Gasteiger partial charge in [-0.15, -0.1) is 0 Å². The zero-order valence-electron chi connectivity index (χ0n) is 23.0. The Balaban J connectivity index is 1.58. The molecular weight excluding hydrogens is 496 g/mol. The van der Waals surface area contributed by atoms with Crippen LogP contribution in [0.3, 0.4) is 0 Å². The lowest BCUT2D eigenvalue weighted by molar-refractivity contribution is 0.115. The Morgan fingerprint density at radius 1 is 0.974 bits per heavy atom. The van der Waals surface area contributed by atoms with Gasteiger partial charge in [0, 0.05) is 37.8 Å². The second kappa shape index (κ2) is 11.7. The average molecular weight is 531 g/mol. The van der Waals surface area contributed by atoms with Crippen molar-refractivity contribution in [1.29, 1.82) is 0 Å². The maximum absolute atomic E-state index is 6.00. The lowest BCUT2D eigenvalue weighted by Crippen LogP contribution is -2.33. The van der Waals surface area contributed by atoms with Crippen LogP contribution in [0.4, 0.5) is 17.5 Å². The number of hydrogen-bond acceptors (Lipinski definition) is 10. The van der Waals surface area contributed by atoms with E-state index in [4.69, 9.17) is 28.9 Å². The molecule has 4 aromatic rings. The van der Waals surface area contributed by atoms with Gasteiger partial charge in [-0.2, -0.15) is 9.97 Å². The normalized spacial score (nSPS) is 14.8. The van der Waals surface area contributed by atoms with Gasteiger partial charge in [0.15, 0.2) is 28.5 Å². The molecule has 1 aliphatic heterocycles. The summed E-state index contributed by atoms with van der Waals surface area (Å²) in [6.07, 6.45) is 5.38. The predicted molar refractivity (Wildman–Crippen MR) is 150 cm³/mol. The van der Waals surface area contributed by atoms with Crippen molar-refractivity contribution < 1.29 is 18.9 Å². The van der Waals surface area contributed by atoms with E-state index >= 15 is 0 Å². The Labute approximate surface area is 228 Å². The van der Waals surface area contributed by atoms with Gasteiger partial charge in [-0.3, -0.25) is 0 Å². The van der Waals surface area contributed by atoms with E-state index in [0.29, 0.717) is 53.3 Å². The van der Waals surface area contributed by atoms with E-state index in [9.17, 15) is 0 Å². The third-order valence-electron chi connectivity index (χ3n) is 6.80. The van der Waals surface area contributed by atoms with E-state index in [0.717, 1.165) is 41.8 Å². The molecule has 2 aromatic carbocycles. The summed E-state index contributed by atoms with van der Waals surface area (Å²) in [6, 6.07) is 10.2. The molecule has 3 heterocycles. The van der Waals surface area contributed by atoms with Crippen LogP contribution in [0.15, 0.2) is 42.7 Å². The van der Waals surface area contributed by atoms with Gasteiger partial charge in [0.25, 0.3) is 0 Å². The number of rotatable bonds is 10. The number of benzene rings is 2. The van der Waals surface area contributed by atoms with Gasteiger partial charge in [0.2, 0.25) is 11.7 Å². The maximum Gasteiger partial charge on any atom is 0.229 e. The molecule has 204 valence electrons. The molecule has 0 unspecified atom stereocenters. The number of aromatic nitrogens is 4. The second-order valence-corrected chi connectivity index (χ2v) is 9.59. The lowest BCUT2D eigenvalue weighted by atomic mass is 10.1. The highest BCUT2D eigenvalue weighted by atomic mass is 16.5. The second-order valence-electron chi connectivity index (χ2n) is 9.59. The van der Waals surface area contributed by atoms with Crippen molar-refractivity contribution in [3.05, 3.63) is 59.4 Å². The standard InChI is InChI=1S/C29H34N6O4/c1-18-8-9-19(2)22(13-18)32-28-25-27(31-11-10-30-25)33-29(34-28)35(17-21-7-6-12-39-21)16-20-14-23(36-3)26(38-5)24(15-20)37-4/h8-11,13-15,21H,6-7,12,16-17H2,1-5H3,(H,31,32,33,34)/t21-/m1/s1. The van der Waals surface area contributed by atoms with E-state index in [-0.39, 0.29) is 6.10 Å². The molecule has 10 heteroatoms. The number of aryl methyl sites for hydroxylation is 2. The van der Waals surface area contributed by atoms with Gasteiger partial charge in [-0.1, -0.05) is 12.1 Å². The summed E-state index contributed by atoms with van der Waals surface area (Å²) >= 11 is 0. The van der Waals surface area contributed by atoms with Crippen LogP contribution in [-0.4, -0.2) is 60.5 Å². The minimum Gasteiger partial charge on any atom is -0.493 e. The Morgan fingerprint density at radius 3 is 2.44 bits per heavy atom. The largest absolute Gasteiger partial charge is 0.493 e. The zero-order valence-corrected chi connectivity index (χ0v) is 23.0. The van der Waals surface area contributed by atoms with Gasteiger partial charge in [0.05, 0.1) is 27.4 Å². The molecule has 2 aromatic heterocycles. The summed E-state index contributed by atoms with van der Waals surface area (Å²) < 4.78 is 22.7. The van der Waals surface area contributed by atoms with Crippen LogP contribution in [0, 0.1) is 13.8 Å². The minimum absolute atomic E-state index is 0.0728.